The average molecular weight is 1540 g/mol. The van der Waals surface area contributed by atoms with E-state index in [2.05, 4.69) is 75.6 Å². The Morgan fingerprint density at radius 1 is 0.620 bits per heavy atom. The first kappa shape index (κ1) is 88.9. The molecule has 0 unspecified atom stereocenters. The zero-order chi connectivity index (χ0) is 65.8. The van der Waals surface area contributed by atoms with Crippen molar-refractivity contribution in [3.63, 3.8) is 0 Å². The molecule has 4 amide bonds. The third kappa shape index (κ3) is 33.8. The van der Waals surface area contributed by atoms with Crippen molar-refractivity contribution in [1.82, 2.24) is 19.8 Å². The lowest BCUT2D eigenvalue weighted by molar-refractivity contribution is -0.134. The molecule has 0 radical (unpaired) electrons. The first-order chi connectivity index (χ1) is 41.4. The van der Waals surface area contributed by atoms with E-state index in [9.17, 15) is 56.1 Å². The van der Waals surface area contributed by atoms with E-state index in [1.54, 1.807) is 30.6 Å². The van der Waals surface area contributed by atoms with Gasteiger partial charge in [-0.05, 0) is 71.8 Å². The highest BCUT2D eigenvalue weighted by Crippen LogP contribution is 2.47. The van der Waals surface area contributed by atoms with Gasteiger partial charge in [0.15, 0.2) is 23.3 Å². The lowest BCUT2D eigenvalue weighted by atomic mass is 10.1. The van der Waals surface area contributed by atoms with Gasteiger partial charge in [0.1, 0.15) is 30.4 Å². The van der Waals surface area contributed by atoms with E-state index in [4.69, 9.17) is 29.0 Å². The number of nitriles is 1. The maximum absolute atomic E-state index is 14.0. The Balaban J connectivity index is 0. The summed E-state index contributed by atoms with van der Waals surface area (Å²) in [5, 5.41) is 36.5. The summed E-state index contributed by atoms with van der Waals surface area (Å²) < 4.78 is 107. The van der Waals surface area contributed by atoms with Crippen molar-refractivity contribution in [2.45, 2.75) is 89.4 Å². The van der Waals surface area contributed by atoms with Crippen LogP contribution in [0.1, 0.15) is 43.7 Å². The quantitative estimate of drug-likeness (QED) is 0.00966. The molecule has 6 rings (SSSR count). The number of aliphatic hydroxyl groups is 2. The van der Waals surface area contributed by atoms with E-state index in [1.165, 1.54) is 50.2 Å². The molecule has 0 aliphatic heterocycles. The summed E-state index contributed by atoms with van der Waals surface area (Å²) >= 11 is 2.52. The molecular formula is C57H80F4IN7O16P2S4Si. The first-order valence-electron chi connectivity index (χ1n) is 26.8. The van der Waals surface area contributed by atoms with Crippen LogP contribution < -0.4 is 10.6 Å². The number of ether oxygens (including phenoxy) is 2. The molecule has 92 heavy (non-hydrogen) atoms. The third-order valence-corrected chi connectivity index (χ3v) is 13.9. The molecule has 4 atom stereocenters. The number of halogens is 5. The van der Waals surface area contributed by atoms with E-state index in [0.29, 0.717) is 0 Å². The minimum atomic E-state index is -4.86. The number of carbonyl (C=O) groups is 4. The van der Waals surface area contributed by atoms with Crippen LogP contribution in [0, 0.1) is 34.6 Å². The van der Waals surface area contributed by atoms with Crippen molar-refractivity contribution in [1.29, 1.82) is 5.26 Å². The molecule has 35 heteroatoms. The normalized spacial score (nSPS) is 12.1. The minimum absolute atomic E-state index is 0. The van der Waals surface area contributed by atoms with Crippen LogP contribution >= 0.6 is 91.4 Å². The summed E-state index contributed by atoms with van der Waals surface area (Å²) in [4.78, 5) is 79.2. The van der Waals surface area contributed by atoms with Gasteiger partial charge < -0.3 is 39.3 Å². The minimum Gasteiger partial charge on any atom is -0.447 e. The number of nitrogens with zero attached hydrogens (tertiary/aromatic N) is 5. The number of benzene rings is 4. The van der Waals surface area contributed by atoms with Crippen LogP contribution in [0.25, 0.3) is 21.5 Å². The molecule has 0 saturated heterocycles. The van der Waals surface area contributed by atoms with Gasteiger partial charge in [0.25, 0.3) is 0 Å². The monoisotopic (exact) mass is 1540 g/mol. The number of aryl methyl sites for hydroxylation is 2. The molecular weight excluding hydrogens is 1460 g/mol. The topological polar surface area (TPSA) is 319 Å². The fraction of sp³-hybridized carbons (Fsp3) is 0.386. The van der Waals surface area contributed by atoms with Crippen LogP contribution in [0.5, 0.6) is 0 Å². The summed E-state index contributed by atoms with van der Waals surface area (Å²) in [6.07, 6.45) is -2.34. The summed E-state index contributed by atoms with van der Waals surface area (Å²) in [6, 6.07) is 25.3. The van der Waals surface area contributed by atoms with Gasteiger partial charge >= 0.3 is 27.8 Å². The molecule has 0 aliphatic rings. The predicted octanol–water partition coefficient (Wildman–Crippen LogP) is 11.3. The standard InChI is InChI=1S/C27H32F2N3O8P.C25H28F2N3O8P.C3H9ISi.C2H3N.4H2S/c1-32(25(34)12-11-18-9-6-10-23(28)26(18)29)21(14-22(33)17-40-41(36,37-2)38-3)16-39-27(35)31-24-13-19-7-4-5-8-20(19)15-30-24;1-30(23(32)10-9-16-7-4-8-21(26)24(16)27)19(12-20(31)15-38-39(34,35)36)14-37-25(33)29-22-11-17-5-2-3-6-18(17)13-28-22;1-5(2,3)4;1-2-3;;;;/h4-10,13,15,21-22,33H,11-12,14,16-17H2,1-3H3,(H,30,31,35);2-8,11,13,19-20,31H,9-10,12,14-15H2,1H3,(H,28,29,33)(H2,34,35,36);1-3H3;1H3;4*1H2/t21-,22-;19-,20-;;;;;;/m00....../s1. The number of anilines is 2. The van der Waals surface area contributed by atoms with Crippen LogP contribution in [-0.4, -0.2) is 148 Å². The molecule has 0 aliphatic carbocycles. The second-order valence-electron chi connectivity index (χ2n) is 20.0. The fourth-order valence-electron chi connectivity index (χ4n) is 7.64. The number of aromatic nitrogens is 2. The van der Waals surface area contributed by atoms with Crippen LogP contribution in [0.15, 0.2) is 109 Å². The van der Waals surface area contributed by atoms with Gasteiger partial charge in [0.05, 0.1) is 43.6 Å². The van der Waals surface area contributed by atoms with E-state index < -0.39 is 113 Å². The zero-order valence-electron chi connectivity index (χ0n) is 51.5. The molecule has 4 aromatic carbocycles. The highest BCUT2D eigenvalue weighted by Gasteiger charge is 2.30. The van der Waals surface area contributed by atoms with Gasteiger partial charge in [-0.2, -0.15) is 59.2 Å². The van der Waals surface area contributed by atoms with Crippen molar-refractivity contribution in [2.24, 2.45) is 0 Å². The Bertz CT molecular complexity index is 3400. The van der Waals surface area contributed by atoms with Crippen molar-refractivity contribution in [3.8, 4) is 6.07 Å². The number of fused-ring (bicyclic) bond motifs is 2. The number of phosphoric ester groups is 2. The van der Waals surface area contributed by atoms with Gasteiger partial charge in [-0.1, -0.05) is 92.4 Å². The Labute approximate surface area is 573 Å². The molecule has 0 spiro atoms. The smallest absolute Gasteiger partial charge is 0.447 e. The van der Waals surface area contributed by atoms with Crippen molar-refractivity contribution in [3.05, 3.63) is 144 Å². The Morgan fingerprint density at radius 2 is 0.957 bits per heavy atom. The maximum Gasteiger partial charge on any atom is 0.474 e. The lowest BCUT2D eigenvalue weighted by Gasteiger charge is -2.30. The first-order valence-corrected chi connectivity index (χ1v) is 36.4. The van der Waals surface area contributed by atoms with E-state index in [0.717, 1.165) is 52.8 Å². The Kier molecular flexibility index (Phi) is 43.0. The number of nitrogens with one attached hydrogen (secondary N) is 2. The molecule has 512 valence electrons. The molecule has 6 N–H and O–H groups in total. The SMILES string of the molecule is CC#N.CN(C(=O)CCc1cccc(F)c1F)[C@H](COC(=O)Nc1cc2ccccc2cn1)C[C@H](O)COP(=O)(O)O.COP(=O)(OC)OC[C@@H](O)C[C@@H](COC(=O)Nc1cc2ccccc2cn1)N(C)C(=O)CCc1cccc(F)c1F.C[Si](C)(C)I.S.S.S.S. The highest BCUT2D eigenvalue weighted by molar-refractivity contribution is 14.1. The molecule has 0 saturated carbocycles. The summed E-state index contributed by atoms with van der Waals surface area (Å²) in [5.74, 6) is -4.71. The van der Waals surface area contributed by atoms with E-state index >= 15 is 0 Å². The van der Waals surface area contributed by atoms with Crippen LogP contribution in [0.3, 0.4) is 0 Å². The molecule has 2 aromatic heterocycles. The average Bonchev–Trinajstić information content (AvgIpc) is 3.47. The number of amides is 4. The summed E-state index contributed by atoms with van der Waals surface area (Å²) in [7, 11) is -3.72. The predicted molar refractivity (Wildman–Crippen MR) is 373 cm³/mol. The number of rotatable bonds is 26. The number of likely N-dealkylation sites (N-methyl/N-ethyl adjacent to an activating group) is 2. The summed E-state index contributed by atoms with van der Waals surface area (Å²) in [6.45, 7) is 6.39. The number of hydrogen-bond donors (Lipinski definition) is 6. The van der Waals surface area contributed by atoms with Crippen LogP contribution in [-0.2, 0) is 59.1 Å². The summed E-state index contributed by atoms with van der Waals surface area (Å²) in [5.41, 5.74) is -0.607. The van der Waals surface area contributed by atoms with E-state index in [-0.39, 0.29) is 122 Å². The Morgan fingerprint density at radius 3 is 1.29 bits per heavy atom. The third-order valence-electron chi connectivity index (χ3n) is 12.1. The molecule has 0 fully saturated rings. The number of aliphatic hydroxyl groups excluding tert-OH is 2. The van der Waals surface area contributed by atoms with Gasteiger partial charge in [-0.3, -0.25) is 38.3 Å². The van der Waals surface area contributed by atoms with Crippen LogP contribution in [0.4, 0.5) is 38.8 Å². The van der Waals surface area contributed by atoms with Gasteiger partial charge in [0.2, 0.25) is 11.8 Å². The highest BCUT2D eigenvalue weighted by atomic mass is 127. The molecule has 2 heterocycles. The van der Waals surface area contributed by atoms with Gasteiger partial charge in [0, 0.05) is 71.2 Å². The Hall–Kier alpha value is -5.12. The molecule has 6 aromatic rings. The second-order valence-corrected chi connectivity index (χ2v) is 37.0. The largest absolute Gasteiger partial charge is 0.474 e. The zero-order valence-corrected chi connectivity index (χ0v) is 60.4. The van der Waals surface area contributed by atoms with Crippen molar-refractivity contribution < 1.29 is 93.4 Å². The van der Waals surface area contributed by atoms with Gasteiger partial charge in [-0.25, -0.2) is 46.2 Å². The van der Waals surface area contributed by atoms with Crippen LogP contribution in [0.2, 0.25) is 19.6 Å². The molecule has 23 nitrogen and oxygen atoms in total. The van der Waals surface area contributed by atoms with Crippen molar-refractivity contribution >= 4 is 154 Å². The van der Waals surface area contributed by atoms with E-state index in [1.807, 2.05) is 48.5 Å². The second kappa shape index (κ2) is 44.5. The maximum atomic E-state index is 14.0. The lowest BCUT2D eigenvalue weighted by Crippen LogP contribution is -2.43. The number of pyridine rings is 2. The fourth-order valence-corrected chi connectivity index (χ4v) is 8.72. The number of hydrogen-bond acceptors (Lipinski definition) is 17. The molecule has 0 bridgehead atoms. The van der Waals surface area contributed by atoms with Gasteiger partial charge in [-0.15, -0.1) is 21.8 Å². The number of carbonyl (C=O) groups excluding carboxylic acids is 4. The number of phosphoric acid groups is 2. The van der Waals surface area contributed by atoms with Crippen molar-refractivity contribution in [2.75, 3.05) is 65.4 Å².